The predicted molar refractivity (Wildman–Crippen MR) is 19.6 cm³/mol. The minimum Gasteiger partial charge on any atom is -0.360 e. The van der Waals surface area contributed by atoms with Gasteiger partial charge in [-0.25, -0.2) is 0 Å². The third-order valence-electron chi connectivity index (χ3n) is 0.612. The van der Waals surface area contributed by atoms with Crippen LogP contribution < -0.4 is 5.23 Å². The molecule has 22 valence electrons. The van der Waals surface area contributed by atoms with Crippen molar-refractivity contribution in [1.29, 1.82) is 0 Å². The molecular weight excluding hydrogens is 48.8 g/mol. The molecule has 1 aliphatic heterocycles. The summed E-state index contributed by atoms with van der Waals surface area (Å²) in [5.74, 6) is 0. The third-order valence-corrected chi connectivity index (χ3v) is 0.612. The van der Waals surface area contributed by atoms with Crippen LogP contribution in [0.2, 0.25) is 6.82 Å². The van der Waals surface area contributed by atoms with Crippen LogP contribution in [0, 0.1) is 0 Å². The Labute approximate surface area is 26.5 Å². The van der Waals surface area contributed by atoms with Gasteiger partial charge in [-0.2, -0.15) is 0 Å². The molecule has 1 aliphatic rings. The Bertz CT molecular complexity index is 25.2. The van der Waals surface area contributed by atoms with Crippen molar-refractivity contribution in [2.45, 2.75) is 6.82 Å². The number of nitrogens with one attached hydrogen (secondary N) is 1. The van der Waals surface area contributed by atoms with Crippen LogP contribution in [0.5, 0.6) is 0 Å². The van der Waals surface area contributed by atoms with Crippen molar-refractivity contribution in [2.24, 2.45) is 0 Å². The molecule has 0 atom stereocenters. The summed E-state index contributed by atoms with van der Waals surface area (Å²) in [6.07, 6.45) is 1.24. The average molecular weight is 54.9 g/mol. The molecule has 0 spiro atoms. The van der Waals surface area contributed by atoms with Gasteiger partial charge in [0.2, 0.25) is 6.85 Å². The van der Waals surface area contributed by atoms with E-state index in [-0.39, 0.29) is 0 Å². The molecule has 0 bridgehead atoms. The normalized spacial score (nSPS) is 21.8. The van der Waals surface area contributed by atoms with Crippen molar-refractivity contribution in [3.63, 3.8) is 0 Å². The first kappa shape index (κ1) is 2.27. The van der Waals surface area contributed by atoms with E-state index in [0.29, 0.717) is 0 Å². The highest BCUT2D eigenvalue weighted by atomic mass is 14.9. The molecule has 0 saturated carbocycles. The van der Waals surface area contributed by atoms with Gasteiger partial charge in [-0.15, -0.1) is 0 Å². The van der Waals surface area contributed by atoms with Gasteiger partial charge in [0.15, 0.2) is 0 Å². The van der Waals surface area contributed by atoms with Crippen LogP contribution in [0.4, 0.5) is 0 Å². The molecule has 1 rings (SSSR count). The zero-order chi connectivity index (χ0) is 2.99. The molecule has 0 aromatic rings. The van der Waals surface area contributed by atoms with Crippen molar-refractivity contribution in [1.82, 2.24) is 5.23 Å². The number of rotatable bonds is 0. The summed E-state index contributed by atoms with van der Waals surface area (Å²) in [5, 5.41) is 3.10. The Kier molecular flexibility index (Phi) is 0.279. The second-order valence-electron chi connectivity index (χ2n) is 1.31. The fraction of sp³-hybridized carbons (Fsp3) is 1.00. The molecule has 2 heteroatoms. The first-order valence-electron chi connectivity index (χ1n) is 1.63. The SMILES string of the molecule is CB1CN1. The molecule has 0 amide bonds. The van der Waals surface area contributed by atoms with Gasteiger partial charge in [0.1, 0.15) is 0 Å². The second kappa shape index (κ2) is 0.491. The topological polar surface area (TPSA) is 21.9 Å². The zero-order valence-electron chi connectivity index (χ0n) is 2.78. The highest BCUT2D eigenvalue weighted by Gasteiger charge is 2.16. The van der Waals surface area contributed by atoms with Gasteiger partial charge < -0.3 is 5.23 Å². The second-order valence-corrected chi connectivity index (χ2v) is 1.31. The number of hydrogen-bond donors (Lipinski definition) is 1. The quantitative estimate of drug-likeness (QED) is 0.299. The smallest absolute Gasteiger partial charge is 0.229 e. The van der Waals surface area contributed by atoms with E-state index in [4.69, 9.17) is 0 Å². The predicted octanol–water partition coefficient (Wildman–Crippen LogP) is -0.250. The molecule has 4 heavy (non-hydrogen) atoms. The van der Waals surface area contributed by atoms with E-state index < -0.39 is 0 Å². The molecule has 0 radical (unpaired) electrons. The van der Waals surface area contributed by atoms with Crippen molar-refractivity contribution in [3.8, 4) is 0 Å². The highest BCUT2D eigenvalue weighted by Crippen LogP contribution is 1.83. The maximum Gasteiger partial charge on any atom is 0.229 e. The highest BCUT2D eigenvalue weighted by molar-refractivity contribution is 6.64. The number of hydrogen-bond acceptors (Lipinski definition) is 1. The Balaban J connectivity index is 2.17. The fourth-order valence-electron chi connectivity index (χ4n) is 0.118. The van der Waals surface area contributed by atoms with Gasteiger partial charge in [-0.05, 0) is 6.44 Å². The van der Waals surface area contributed by atoms with Crippen LogP contribution >= 0.6 is 0 Å². The summed E-state index contributed by atoms with van der Waals surface area (Å²) in [6, 6.07) is 0. The van der Waals surface area contributed by atoms with Crippen LogP contribution in [-0.2, 0) is 0 Å². The summed E-state index contributed by atoms with van der Waals surface area (Å²) >= 11 is 0. The van der Waals surface area contributed by atoms with Crippen molar-refractivity contribution in [3.05, 3.63) is 0 Å². The molecule has 1 saturated heterocycles. The standard InChI is InChI=1S/C2H6BN/c1-3-2-4-3/h4H,2H2,1H3. The first-order valence-corrected chi connectivity index (χ1v) is 1.63. The molecule has 1 heterocycles. The van der Waals surface area contributed by atoms with E-state index >= 15 is 0 Å². The molecule has 1 N–H and O–H groups in total. The third kappa shape index (κ3) is 0.232. The maximum atomic E-state index is 3.10. The lowest BCUT2D eigenvalue weighted by molar-refractivity contribution is 1.41. The summed E-state index contributed by atoms with van der Waals surface area (Å²) in [4.78, 5) is 0. The van der Waals surface area contributed by atoms with E-state index in [0.717, 1.165) is 6.85 Å². The Hall–Kier alpha value is 0.0249. The summed E-state index contributed by atoms with van der Waals surface area (Å²) in [5.41, 5.74) is 0. The van der Waals surface area contributed by atoms with Gasteiger partial charge in [0.25, 0.3) is 0 Å². The lowest BCUT2D eigenvalue weighted by Gasteiger charge is -1.44. The average Bonchev–Trinajstić information content (AvgIpc) is 1.75. The molecule has 0 aromatic heterocycles. The van der Waals surface area contributed by atoms with Gasteiger partial charge in [0.05, 0.1) is 0 Å². The lowest BCUT2D eigenvalue weighted by Crippen LogP contribution is -1.80. The largest absolute Gasteiger partial charge is 0.360 e. The van der Waals surface area contributed by atoms with E-state index in [1.807, 2.05) is 0 Å². The van der Waals surface area contributed by atoms with E-state index in [1.165, 1.54) is 6.44 Å². The van der Waals surface area contributed by atoms with Crippen LogP contribution in [0.3, 0.4) is 0 Å². The van der Waals surface area contributed by atoms with E-state index in [1.54, 1.807) is 0 Å². The molecular formula is C2H6BN. The van der Waals surface area contributed by atoms with Crippen LogP contribution in [0.25, 0.3) is 0 Å². The minimum absolute atomic E-state index is 0.833. The lowest BCUT2D eigenvalue weighted by atomic mass is 9.82. The fourth-order valence-corrected chi connectivity index (χ4v) is 0.118. The van der Waals surface area contributed by atoms with Crippen LogP contribution in [0.1, 0.15) is 0 Å². The van der Waals surface area contributed by atoms with Gasteiger partial charge in [-0.3, -0.25) is 0 Å². The monoisotopic (exact) mass is 55.1 g/mol. The molecule has 0 unspecified atom stereocenters. The van der Waals surface area contributed by atoms with Gasteiger partial charge >= 0.3 is 0 Å². The molecule has 1 fully saturated rings. The van der Waals surface area contributed by atoms with E-state index in [9.17, 15) is 0 Å². The van der Waals surface area contributed by atoms with Crippen LogP contribution in [-0.4, -0.2) is 13.3 Å². The summed E-state index contributed by atoms with van der Waals surface area (Å²) in [6.45, 7) is 3.00. The Morgan fingerprint density at radius 2 is 2.25 bits per heavy atom. The summed E-state index contributed by atoms with van der Waals surface area (Å²) < 4.78 is 0. The maximum absolute atomic E-state index is 3.10. The molecule has 0 aliphatic carbocycles. The first-order chi connectivity index (χ1) is 1.89. The van der Waals surface area contributed by atoms with E-state index in [2.05, 4.69) is 12.1 Å². The summed E-state index contributed by atoms with van der Waals surface area (Å²) in [7, 11) is 0. The van der Waals surface area contributed by atoms with Gasteiger partial charge in [-0.1, -0.05) is 6.82 Å². The van der Waals surface area contributed by atoms with Crippen LogP contribution in [0.15, 0.2) is 0 Å². The zero-order valence-corrected chi connectivity index (χ0v) is 2.78. The van der Waals surface area contributed by atoms with Gasteiger partial charge in [0, 0.05) is 0 Å². The Morgan fingerprint density at radius 3 is 2.25 bits per heavy atom. The molecule has 0 aromatic carbocycles. The Morgan fingerprint density at radius 1 is 2.00 bits per heavy atom. The van der Waals surface area contributed by atoms with Crippen molar-refractivity contribution < 1.29 is 0 Å². The minimum atomic E-state index is 0.833. The van der Waals surface area contributed by atoms with Crippen molar-refractivity contribution >= 4 is 6.85 Å². The molecule has 1 nitrogen and oxygen atoms in total. The van der Waals surface area contributed by atoms with Crippen molar-refractivity contribution in [2.75, 3.05) is 6.44 Å².